The van der Waals surface area contributed by atoms with Crippen LogP contribution in [0.1, 0.15) is 30.6 Å². The molecule has 1 rings (SSSR count). The van der Waals surface area contributed by atoms with E-state index in [0.717, 1.165) is 6.42 Å². The van der Waals surface area contributed by atoms with Crippen LogP contribution in [0.15, 0.2) is 12.1 Å². The fraction of sp³-hybridized carbons (Fsp3) is 0.462. The lowest BCUT2D eigenvalue weighted by Crippen LogP contribution is -2.15. The van der Waals surface area contributed by atoms with Gasteiger partial charge in [0.25, 0.3) is 0 Å². The van der Waals surface area contributed by atoms with Gasteiger partial charge in [-0.05, 0) is 13.3 Å². The van der Waals surface area contributed by atoms with E-state index in [9.17, 15) is 4.79 Å². The summed E-state index contributed by atoms with van der Waals surface area (Å²) in [5, 5.41) is 0. The molecule has 0 radical (unpaired) electrons. The number of nitrogens with two attached hydrogens (primary N) is 1. The first-order chi connectivity index (χ1) is 8.53. The Hall–Kier alpha value is -1.91. The molecule has 5 heteroatoms. The van der Waals surface area contributed by atoms with E-state index in [1.807, 2.05) is 13.8 Å². The van der Waals surface area contributed by atoms with Crippen molar-refractivity contribution in [2.24, 2.45) is 0 Å². The summed E-state index contributed by atoms with van der Waals surface area (Å²) in [4.78, 5) is 11.9. The number of benzene rings is 1. The topological polar surface area (TPSA) is 70.8 Å². The van der Waals surface area contributed by atoms with Crippen LogP contribution < -0.4 is 15.2 Å². The second-order valence-corrected chi connectivity index (χ2v) is 3.92. The van der Waals surface area contributed by atoms with Crippen molar-refractivity contribution in [3.05, 3.63) is 17.7 Å². The smallest absolute Gasteiger partial charge is 0.340 e. The Morgan fingerprint density at radius 2 is 1.83 bits per heavy atom. The average molecular weight is 253 g/mol. The van der Waals surface area contributed by atoms with Crippen LogP contribution in [0.2, 0.25) is 0 Å². The summed E-state index contributed by atoms with van der Waals surface area (Å²) in [6, 6.07) is 3.07. The van der Waals surface area contributed by atoms with Gasteiger partial charge in [0.05, 0.1) is 31.6 Å². The van der Waals surface area contributed by atoms with Crippen LogP contribution in [0.25, 0.3) is 0 Å². The highest BCUT2D eigenvalue weighted by Crippen LogP contribution is 2.32. The van der Waals surface area contributed by atoms with E-state index >= 15 is 0 Å². The van der Waals surface area contributed by atoms with Crippen LogP contribution in [0.3, 0.4) is 0 Å². The Morgan fingerprint density at radius 1 is 1.28 bits per heavy atom. The van der Waals surface area contributed by atoms with Crippen LogP contribution in [-0.4, -0.2) is 26.3 Å². The standard InChI is InChI=1S/C13H19NO4/c1-5-8(2)18-13(15)9-6-11(16-3)12(17-4)7-10(9)14/h6-8H,5,14H2,1-4H3/t8-/m0/s1. The first kappa shape index (κ1) is 14.2. The Balaban J connectivity index is 3.05. The third-order valence-electron chi connectivity index (χ3n) is 2.66. The highest BCUT2D eigenvalue weighted by molar-refractivity contribution is 5.96. The summed E-state index contributed by atoms with van der Waals surface area (Å²) in [6.07, 6.45) is 0.601. The Labute approximate surface area is 107 Å². The van der Waals surface area contributed by atoms with Gasteiger partial charge >= 0.3 is 5.97 Å². The molecule has 2 N–H and O–H groups in total. The van der Waals surface area contributed by atoms with Gasteiger partial charge < -0.3 is 19.9 Å². The van der Waals surface area contributed by atoms with Crippen LogP contribution in [0.4, 0.5) is 5.69 Å². The molecule has 0 bridgehead atoms. The lowest BCUT2D eigenvalue weighted by Gasteiger charge is -2.14. The van der Waals surface area contributed by atoms with Crippen molar-refractivity contribution in [2.45, 2.75) is 26.4 Å². The Morgan fingerprint density at radius 3 is 2.33 bits per heavy atom. The molecule has 0 aliphatic rings. The molecule has 0 aliphatic carbocycles. The van der Waals surface area contributed by atoms with Gasteiger partial charge in [-0.1, -0.05) is 6.92 Å². The third-order valence-corrected chi connectivity index (χ3v) is 2.66. The number of hydrogen-bond acceptors (Lipinski definition) is 5. The number of carbonyl (C=O) groups is 1. The third kappa shape index (κ3) is 3.06. The van der Waals surface area contributed by atoms with Crippen molar-refractivity contribution < 1.29 is 19.0 Å². The van der Waals surface area contributed by atoms with Gasteiger partial charge in [-0.25, -0.2) is 4.79 Å². The minimum absolute atomic E-state index is 0.148. The Bertz CT molecular complexity index is 431. The fourth-order valence-corrected chi connectivity index (χ4v) is 1.40. The maximum absolute atomic E-state index is 11.9. The maximum atomic E-state index is 11.9. The zero-order chi connectivity index (χ0) is 13.7. The van der Waals surface area contributed by atoms with Gasteiger partial charge in [-0.2, -0.15) is 0 Å². The number of anilines is 1. The summed E-state index contributed by atoms with van der Waals surface area (Å²) < 4.78 is 15.4. The normalized spacial score (nSPS) is 11.8. The van der Waals surface area contributed by atoms with Gasteiger partial charge in [0.1, 0.15) is 0 Å². The van der Waals surface area contributed by atoms with E-state index < -0.39 is 5.97 Å². The van der Waals surface area contributed by atoms with Crippen molar-refractivity contribution >= 4 is 11.7 Å². The number of carbonyl (C=O) groups excluding carboxylic acids is 1. The summed E-state index contributed by atoms with van der Waals surface area (Å²) in [5.41, 5.74) is 6.39. The predicted octanol–water partition coefficient (Wildman–Crippen LogP) is 2.24. The first-order valence-electron chi connectivity index (χ1n) is 5.75. The van der Waals surface area contributed by atoms with Crippen molar-refractivity contribution in [3.63, 3.8) is 0 Å². The molecule has 0 saturated heterocycles. The molecule has 0 aromatic heterocycles. The molecule has 0 saturated carbocycles. The molecule has 0 heterocycles. The van der Waals surface area contributed by atoms with E-state index in [1.165, 1.54) is 20.3 Å². The molecule has 0 spiro atoms. The summed E-state index contributed by atoms with van der Waals surface area (Å²) in [7, 11) is 3.01. The lowest BCUT2D eigenvalue weighted by molar-refractivity contribution is 0.0335. The zero-order valence-corrected chi connectivity index (χ0v) is 11.1. The monoisotopic (exact) mass is 253 g/mol. The summed E-state index contributed by atoms with van der Waals surface area (Å²) >= 11 is 0. The van der Waals surface area contributed by atoms with E-state index in [-0.39, 0.29) is 11.7 Å². The highest BCUT2D eigenvalue weighted by Gasteiger charge is 2.17. The van der Waals surface area contributed by atoms with Crippen LogP contribution in [0, 0.1) is 0 Å². The lowest BCUT2D eigenvalue weighted by atomic mass is 10.1. The predicted molar refractivity (Wildman–Crippen MR) is 69.1 cm³/mol. The van der Waals surface area contributed by atoms with Gasteiger partial charge in [0.15, 0.2) is 11.5 Å². The average Bonchev–Trinajstić information content (AvgIpc) is 2.37. The number of esters is 1. The largest absolute Gasteiger partial charge is 0.493 e. The van der Waals surface area contributed by atoms with Gasteiger partial charge in [-0.3, -0.25) is 0 Å². The molecular formula is C13H19NO4. The number of hydrogen-bond donors (Lipinski definition) is 1. The van der Waals surface area contributed by atoms with Gasteiger partial charge in [0, 0.05) is 12.1 Å². The molecule has 18 heavy (non-hydrogen) atoms. The van der Waals surface area contributed by atoms with Gasteiger partial charge in [-0.15, -0.1) is 0 Å². The van der Waals surface area contributed by atoms with Crippen LogP contribution in [-0.2, 0) is 4.74 Å². The molecule has 0 amide bonds. The van der Waals surface area contributed by atoms with E-state index in [4.69, 9.17) is 19.9 Å². The van der Waals surface area contributed by atoms with Crippen molar-refractivity contribution in [1.82, 2.24) is 0 Å². The fourth-order valence-electron chi connectivity index (χ4n) is 1.40. The molecular weight excluding hydrogens is 234 g/mol. The van der Waals surface area contributed by atoms with Gasteiger partial charge in [0.2, 0.25) is 0 Å². The molecule has 1 atom stereocenters. The quantitative estimate of drug-likeness (QED) is 0.643. The maximum Gasteiger partial charge on any atom is 0.340 e. The van der Waals surface area contributed by atoms with Crippen molar-refractivity contribution in [2.75, 3.05) is 20.0 Å². The molecule has 0 aliphatic heterocycles. The molecule has 0 fully saturated rings. The summed E-state index contributed by atoms with van der Waals surface area (Å²) in [5.74, 6) is 0.473. The molecule has 100 valence electrons. The number of ether oxygens (including phenoxy) is 3. The van der Waals surface area contributed by atoms with Crippen LogP contribution >= 0.6 is 0 Å². The van der Waals surface area contributed by atoms with E-state index in [2.05, 4.69) is 0 Å². The number of nitrogen functional groups attached to an aromatic ring is 1. The first-order valence-corrected chi connectivity index (χ1v) is 5.75. The second-order valence-electron chi connectivity index (χ2n) is 3.92. The molecule has 1 aromatic rings. The van der Waals surface area contributed by atoms with Crippen LogP contribution in [0.5, 0.6) is 11.5 Å². The van der Waals surface area contributed by atoms with E-state index in [0.29, 0.717) is 17.2 Å². The molecule has 0 unspecified atom stereocenters. The summed E-state index contributed by atoms with van der Waals surface area (Å²) in [6.45, 7) is 3.77. The van der Waals surface area contributed by atoms with Crippen molar-refractivity contribution in [3.8, 4) is 11.5 Å². The minimum atomic E-state index is -0.456. The molecule has 1 aromatic carbocycles. The number of rotatable bonds is 5. The minimum Gasteiger partial charge on any atom is -0.493 e. The highest BCUT2D eigenvalue weighted by atomic mass is 16.5. The van der Waals surface area contributed by atoms with Crippen molar-refractivity contribution in [1.29, 1.82) is 0 Å². The Kier molecular flexibility index (Phi) is 4.83. The number of methoxy groups -OCH3 is 2. The van der Waals surface area contributed by atoms with E-state index in [1.54, 1.807) is 6.07 Å². The SMILES string of the molecule is CC[C@H](C)OC(=O)c1cc(OC)c(OC)cc1N. The second kappa shape index (κ2) is 6.14. The molecule has 5 nitrogen and oxygen atoms in total. The zero-order valence-electron chi connectivity index (χ0n) is 11.1.